The lowest BCUT2D eigenvalue weighted by Crippen LogP contribution is -2.52. The van der Waals surface area contributed by atoms with E-state index in [1.54, 1.807) is 4.90 Å². The fraction of sp³-hybridized carbons (Fsp3) is 0.556. The summed E-state index contributed by atoms with van der Waals surface area (Å²) in [6.07, 6.45) is 1.82. The summed E-state index contributed by atoms with van der Waals surface area (Å²) in [5, 5.41) is 5.83. The molecule has 2 heterocycles. The van der Waals surface area contributed by atoms with Crippen molar-refractivity contribution < 1.29 is 9.53 Å². The Balaban J connectivity index is 1.68. The summed E-state index contributed by atoms with van der Waals surface area (Å²) in [4.78, 5) is 13.7. The van der Waals surface area contributed by atoms with E-state index in [-0.39, 0.29) is 12.1 Å². The van der Waals surface area contributed by atoms with E-state index in [9.17, 15) is 4.79 Å². The van der Waals surface area contributed by atoms with Gasteiger partial charge in [0.25, 0.3) is 0 Å². The number of hydrogen-bond donors (Lipinski definition) is 0. The van der Waals surface area contributed by atoms with Crippen molar-refractivity contribution in [1.29, 1.82) is 0 Å². The minimum atomic E-state index is -0.449. The first kappa shape index (κ1) is 15.8. The van der Waals surface area contributed by atoms with Crippen LogP contribution in [0.3, 0.4) is 0 Å². The zero-order chi connectivity index (χ0) is 16.8. The van der Waals surface area contributed by atoms with Crippen LogP contribution >= 0.6 is 0 Å². The van der Waals surface area contributed by atoms with Crippen molar-refractivity contribution in [1.82, 2.24) is 14.7 Å². The molecule has 0 saturated carbocycles. The summed E-state index contributed by atoms with van der Waals surface area (Å²) in [6, 6.07) is 6.67. The SMILES string of the molecule is CC(C)c1ccc2cn(C3CN(C(=O)OC(C)(C)C)C3)nc2c1. The lowest BCUT2D eigenvalue weighted by Gasteiger charge is -2.39. The Morgan fingerprint density at radius 3 is 2.61 bits per heavy atom. The van der Waals surface area contributed by atoms with Crippen molar-refractivity contribution in [2.24, 2.45) is 0 Å². The molecule has 0 bridgehead atoms. The molecule has 5 nitrogen and oxygen atoms in total. The van der Waals surface area contributed by atoms with Crippen molar-refractivity contribution in [3.05, 3.63) is 30.0 Å². The van der Waals surface area contributed by atoms with Gasteiger partial charge < -0.3 is 9.64 Å². The van der Waals surface area contributed by atoms with Crippen LogP contribution in [0, 0.1) is 0 Å². The molecule has 23 heavy (non-hydrogen) atoms. The van der Waals surface area contributed by atoms with E-state index >= 15 is 0 Å². The number of carbonyl (C=O) groups is 1. The number of fused-ring (bicyclic) bond motifs is 1. The van der Waals surface area contributed by atoms with E-state index in [4.69, 9.17) is 4.74 Å². The van der Waals surface area contributed by atoms with Crippen LogP contribution in [-0.4, -0.2) is 39.5 Å². The van der Waals surface area contributed by atoms with Crippen LogP contribution in [-0.2, 0) is 4.74 Å². The van der Waals surface area contributed by atoms with Gasteiger partial charge in [-0.25, -0.2) is 4.79 Å². The van der Waals surface area contributed by atoms with Crippen molar-refractivity contribution in [3.63, 3.8) is 0 Å². The molecule has 5 heteroatoms. The van der Waals surface area contributed by atoms with Gasteiger partial charge in [0.2, 0.25) is 0 Å². The van der Waals surface area contributed by atoms with E-state index in [0.717, 1.165) is 10.9 Å². The standard InChI is InChI=1S/C18H25N3O2/c1-12(2)13-6-7-14-9-21(19-16(14)8-13)15-10-20(11-15)17(22)23-18(3,4)5/h6-9,12,15H,10-11H2,1-5H3. The molecule has 1 amide bonds. The lowest BCUT2D eigenvalue weighted by atomic mass is 10.0. The number of rotatable bonds is 2. The van der Waals surface area contributed by atoms with Crippen LogP contribution in [0.2, 0.25) is 0 Å². The Labute approximate surface area is 137 Å². The van der Waals surface area contributed by atoms with E-state index in [1.165, 1.54) is 5.56 Å². The average molecular weight is 315 g/mol. The second kappa shape index (κ2) is 5.55. The van der Waals surface area contributed by atoms with Gasteiger partial charge >= 0.3 is 6.09 Å². The largest absolute Gasteiger partial charge is 0.444 e. The van der Waals surface area contributed by atoms with Gasteiger partial charge in [-0.05, 0) is 38.3 Å². The van der Waals surface area contributed by atoms with Crippen LogP contribution in [0.4, 0.5) is 4.79 Å². The Morgan fingerprint density at radius 1 is 1.30 bits per heavy atom. The highest BCUT2D eigenvalue weighted by Crippen LogP contribution is 2.26. The van der Waals surface area contributed by atoms with Gasteiger partial charge in [0.1, 0.15) is 5.60 Å². The second-order valence-electron chi connectivity index (χ2n) is 7.62. The highest BCUT2D eigenvalue weighted by Gasteiger charge is 2.35. The molecular weight excluding hydrogens is 290 g/mol. The highest BCUT2D eigenvalue weighted by molar-refractivity contribution is 5.79. The summed E-state index contributed by atoms with van der Waals surface area (Å²) in [5.74, 6) is 0.496. The van der Waals surface area contributed by atoms with Gasteiger partial charge in [-0.3, -0.25) is 4.68 Å². The number of benzene rings is 1. The Bertz CT molecular complexity index is 721. The van der Waals surface area contributed by atoms with E-state index in [2.05, 4.69) is 43.3 Å². The van der Waals surface area contributed by atoms with Gasteiger partial charge in [0.05, 0.1) is 11.6 Å². The number of nitrogens with zero attached hydrogens (tertiary/aromatic N) is 3. The second-order valence-corrected chi connectivity index (χ2v) is 7.62. The molecule has 3 rings (SSSR count). The van der Waals surface area contributed by atoms with E-state index in [0.29, 0.717) is 19.0 Å². The molecule has 1 aliphatic heterocycles. The van der Waals surface area contributed by atoms with Crippen molar-refractivity contribution in [3.8, 4) is 0 Å². The Kier molecular flexibility index (Phi) is 3.82. The minimum Gasteiger partial charge on any atom is -0.444 e. The number of hydrogen-bond acceptors (Lipinski definition) is 3. The zero-order valence-corrected chi connectivity index (χ0v) is 14.5. The van der Waals surface area contributed by atoms with Gasteiger partial charge in [-0.1, -0.05) is 26.0 Å². The summed E-state index contributed by atoms with van der Waals surface area (Å²) in [6.45, 7) is 11.3. The lowest BCUT2D eigenvalue weighted by molar-refractivity contribution is -0.000293. The highest BCUT2D eigenvalue weighted by atomic mass is 16.6. The number of carbonyl (C=O) groups excluding carboxylic acids is 1. The third-order valence-electron chi connectivity index (χ3n) is 4.10. The quantitative estimate of drug-likeness (QED) is 0.843. The third-order valence-corrected chi connectivity index (χ3v) is 4.10. The first-order valence-electron chi connectivity index (χ1n) is 8.20. The van der Waals surface area contributed by atoms with Crippen LogP contribution in [0.5, 0.6) is 0 Å². The molecule has 1 fully saturated rings. The minimum absolute atomic E-state index is 0.234. The number of aromatic nitrogens is 2. The van der Waals surface area contributed by atoms with Crippen molar-refractivity contribution in [2.45, 2.75) is 52.2 Å². The smallest absolute Gasteiger partial charge is 0.410 e. The summed E-state index contributed by atoms with van der Waals surface area (Å²) >= 11 is 0. The molecule has 0 N–H and O–H groups in total. The molecular formula is C18H25N3O2. The Morgan fingerprint density at radius 2 is 2.00 bits per heavy atom. The fourth-order valence-corrected chi connectivity index (χ4v) is 2.70. The predicted octanol–water partition coefficient (Wildman–Crippen LogP) is 3.95. The summed E-state index contributed by atoms with van der Waals surface area (Å²) in [7, 11) is 0. The molecule has 0 aliphatic carbocycles. The molecule has 1 aromatic heterocycles. The van der Waals surface area contributed by atoms with Gasteiger partial charge in [-0.2, -0.15) is 5.10 Å². The molecule has 2 aromatic rings. The molecule has 1 aromatic carbocycles. The number of amides is 1. The maximum atomic E-state index is 12.0. The van der Waals surface area contributed by atoms with Crippen molar-refractivity contribution in [2.75, 3.05) is 13.1 Å². The van der Waals surface area contributed by atoms with E-state index in [1.807, 2.05) is 25.5 Å². The molecule has 124 valence electrons. The number of likely N-dealkylation sites (tertiary alicyclic amines) is 1. The monoisotopic (exact) mass is 315 g/mol. The molecule has 1 saturated heterocycles. The van der Waals surface area contributed by atoms with Crippen LogP contribution < -0.4 is 0 Å². The average Bonchev–Trinajstić information content (AvgIpc) is 2.76. The summed E-state index contributed by atoms with van der Waals surface area (Å²) < 4.78 is 7.37. The zero-order valence-electron chi connectivity index (χ0n) is 14.5. The van der Waals surface area contributed by atoms with Gasteiger partial charge in [0.15, 0.2) is 0 Å². The van der Waals surface area contributed by atoms with Gasteiger partial charge in [-0.15, -0.1) is 0 Å². The van der Waals surface area contributed by atoms with Crippen molar-refractivity contribution >= 4 is 17.0 Å². The molecule has 0 spiro atoms. The predicted molar refractivity (Wildman–Crippen MR) is 90.7 cm³/mol. The molecule has 0 unspecified atom stereocenters. The fourth-order valence-electron chi connectivity index (χ4n) is 2.70. The summed E-state index contributed by atoms with van der Waals surface area (Å²) in [5.41, 5.74) is 1.87. The molecule has 0 atom stereocenters. The molecule has 0 radical (unpaired) electrons. The van der Waals surface area contributed by atoms with Crippen LogP contribution in [0.1, 0.15) is 52.1 Å². The van der Waals surface area contributed by atoms with E-state index < -0.39 is 5.60 Å². The number of ether oxygens (including phenoxy) is 1. The normalized spacial score (nSPS) is 16.0. The van der Waals surface area contributed by atoms with Crippen LogP contribution in [0.25, 0.3) is 10.9 Å². The first-order valence-corrected chi connectivity index (χ1v) is 8.20. The maximum absolute atomic E-state index is 12.0. The topological polar surface area (TPSA) is 47.4 Å². The first-order chi connectivity index (χ1) is 10.7. The third kappa shape index (κ3) is 3.33. The van der Waals surface area contributed by atoms with Crippen LogP contribution in [0.15, 0.2) is 24.4 Å². The van der Waals surface area contributed by atoms with Gasteiger partial charge in [0, 0.05) is 24.7 Å². The molecule has 1 aliphatic rings. The maximum Gasteiger partial charge on any atom is 0.410 e. The Hall–Kier alpha value is -2.04.